The van der Waals surface area contributed by atoms with Crippen LogP contribution in [0.1, 0.15) is 33.5 Å². The van der Waals surface area contributed by atoms with Crippen molar-refractivity contribution in [3.63, 3.8) is 0 Å². The fourth-order valence-corrected chi connectivity index (χ4v) is 2.46. The van der Waals surface area contributed by atoms with Gasteiger partial charge in [0.2, 0.25) is 5.76 Å². The van der Waals surface area contributed by atoms with E-state index >= 15 is 0 Å². The SMILES string of the molecule is Cc1nc(C)c(C(=O)NCCc2nc3c(C)cccc3[nH]2)o1. The van der Waals surface area contributed by atoms with Gasteiger partial charge in [-0.15, -0.1) is 0 Å². The van der Waals surface area contributed by atoms with Crippen LogP contribution in [0.5, 0.6) is 0 Å². The van der Waals surface area contributed by atoms with Crippen molar-refractivity contribution in [2.45, 2.75) is 27.2 Å². The van der Waals surface area contributed by atoms with Gasteiger partial charge in [0, 0.05) is 19.9 Å². The van der Waals surface area contributed by atoms with Crippen LogP contribution in [0.3, 0.4) is 0 Å². The summed E-state index contributed by atoms with van der Waals surface area (Å²) in [5.74, 6) is 1.38. The Bertz CT molecular complexity index is 832. The number of carbonyl (C=O) groups excluding carboxylic acids is 1. The summed E-state index contributed by atoms with van der Waals surface area (Å²) in [6.45, 7) is 5.99. The summed E-state index contributed by atoms with van der Waals surface area (Å²) >= 11 is 0. The Morgan fingerprint density at radius 1 is 1.27 bits per heavy atom. The summed E-state index contributed by atoms with van der Waals surface area (Å²) < 4.78 is 5.30. The van der Waals surface area contributed by atoms with Gasteiger partial charge in [-0.1, -0.05) is 12.1 Å². The number of carbonyl (C=O) groups is 1. The molecule has 1 aromatic carbocycles. The fourth-order valence-electron chi connectivity index (χ4n) is 2.46. The van der Waals surface area contributed by atoms with E-state index < -0.39 is 0 Å². The van der Waals surface area contributed by atoms with Gasteiger partial charge in [0.15, 0.2) is 5.89 Å². The third kappa shape index (κ3) is 2.72. The van der Waals surface area contributed by atoms with E-state index in [2.05, 4.69) is 20.3 Å². The molecule has 0 aliphatic rings. The van der Waals surface area contributed by atoms with E-state index in [-0.39, 0.29) is 11.7 Å². The molecule has 6 heteroatoms. The first-order valence-corrected chi connectivity index (χ1v) is 7.21. The lowest BCUT2D eigenvalue weighted by atomic mass is 10.2. The van der Waals surface area contributed by atoms with Crippen molar-refractivity contribution in [3.8, 4) is 0 Å². The third-order valence-electron chi connectivity index (χ3n) is 3.52. The molecule has 114 valence electrons. The van der Waals surface area contributed by atoms with Gasteiger partial charge in [-0.05, 0) is 25.5 Å². The molecule has 2 heterocycles. The number of oxazole rings is 1. The second-order valence-electron chi connectivity index (χ2n) is 5.31. The molecular formula is C16H18N4O2. The van der Waals surface area contributed by atoms with E-state index in [1.54, 1.807) is 13.8 Å². The number of H-pyrrole nitrogens is 1. The number of hydrogen-bond acceptors (Lipinski definition) is 4. The number of nitrogens with one attached hydrogen (secondary N) is 2. The van der Waals surface area contributed by atoms with Crippen LogP contribution in [0.4, 0.5) is 0 Å². The van der Waals surface area contributed by atoms with Crippen LogP contribution in [-0.4, -0.2) is 27.4 Å². The normalized spacial score (nSPS) is 11.0. The number of hydrogen-bond donors (Lipinski definition) is 2. The van der Waals surface area contributed by atoms with Crippen LogP contribution in [0.2, 0.25) is 0 Å². The van der Waals surface area contributed by atoms with Crippen LogP contribution in [0, 0.1) is 20.8 Å². The lowest BCUT2D eigenvalue weighted by Gasteiger charge is -2.01. The van der Waals surface area contributed by atoms with Gasteiger partial charge in [0.1, 0.15) is 5.82 Å². The summed E-state index contributed by atoms with van der Waals surface area (Å²) in [7, 11) is 0. The fraction of sp³-hybridized carbons (Fsp3) is 0.312. The minimum Gasteiger partial charge on any atom is -0.436 e. The van der Waals surface area contributed by atoms with Crippen molar-refractivity contribution >= 4 is 16.9 Å². The average Bonchev–Trinajstić information content (AvgIpc) is 3.02. The highest BCUT2D eigenvalue weighted by molar-refractivity contribution is 5.92. The van der Waals surface area contributed by atoms with E-state index in [4.69, 9.17) is 4.42 Å². The largest absolute Gasteiger partial charge is 0.436 e. The molecule has 0 atom stereocenters. The maximum atomic E-state index is 12.0. The van der Waals surface area contributed by atoms with Crippen LogP contribution >= 0.6 is 0 Å². The van der Waals surface area contributed by atoms with E-state index in [0.717, 1.165) is 22.4 Å². The zero-order chi connectivity index (χ0) is 15.7. The van der Waals surface area contributed by atoms with Gasteiger partial charge < -0.3 is 14.7 Å². The topological polar surface area (TPSA) is 83.8 Å². The number of nitrogens with zero attached hydrogens (tertiary/aromatic N) is 2. The molecule has 0 radical (unpaired) electrons. The molecule has 1 amide bonds. The van der Waals surface area contributed by atoms with Crippen molar-refractivity contribution in [2.24, 2.45) is 0 Å². The summed E-state index contributed by atoms with van der Waals surface area (Å²) in [5, 5.41) is 2.83. The van der Waals surface area contributed by atoms with Gasteiger partial charge in [-0.25, -0.2) is 9.97 Å². The Kier molecular flexibility index (Phi) is 3.66. The number of fused-ring (bicyclic) bond motifs is 1. The maximum Gasteiger partial charge on any atom is 0.289 e. The predicted molar refractivity (Wildman–Crippen MR) is 82.8 cm³/mol. The second-order valence-corrected chi connectivity index (χ2v) is 5.31. The smallest absolute Gasteiger partial charge is 0.289 e. The van der Waals surface area contributed by atoms with Crippen molar-refractivity contribution in [1.29, 1.82) is 0 Å². The molecule has 0 aliphatic carbocycles. The molecule has 2 aromatic heterocycles. The molecule has 2 N–H and O–H groups in total. The molecule has 0 fully saturated rings. The minimum atomic E-state index is -0.245. The van der Waals surface area contributed by atoms with Gasteiger partial charge in [-0.2, -0.15) is 0 Å². The second kappa shape index (κ2) is 5.63. The Morgan fingerprint density at radius 2 is 2.09 bits per heavy atom. The first kappa shape index (κ1) is 14.3. The molecule has 3 aromatic rings. The predicted octanol–water partition coefficient (Wildman–Crippen LogP) is 2.45. The number of imidazole rings is 1. The van der Waals surface area contributed by atoms with Crippen molar-refractivity contribution in [3.05, 3.63) is 46.9 Å². The first-order chi connectivity index (χ1) is 10.5. The van der Waals surface area contributed by atoms with Crippen molar-refractivity contribution in [1.82, 2.24) is 20.3 Å². The number of aromatic amines is 1. The highest BCUT2D eigenvalue weighted by Crippen LogP contribution is 2.15. The third-order valence-corrected chi connectivity index (χ3v) is 3.52. The van der Waals surface area contributed by atoms with Crippen molar-refractivity contribution in [2.75, 3.05) is 6.54 Å². The molecule has 0 bridgehead atoms. The maximum absolute atomic E-state index is 12.0. The molecule has 0 saturated heterocycles. The molecular weight excluding hydrogens is 280 g/mol. The number of aryl methyl sites for hydroxylation is 3. The first-order valence-electron chi connectivity index (χ1n) is 7.21. The highest BCUT2D eigenvalue weighted by Gasteiger charge is 2.15. The number of aromatic nitrogens is 3. The zero-order valence-electron chi connectivity index (χ0n) is 12.9. The molecule has 0 aliphatic heterocycles. The van der Waals surface area contributed by atoms with Crippen molar-refractivity contribution < 1.29 is 9.21 Å². The van der Waals surface area contributed by atoms with Gasteiger partial charge in [-0.3, -0.25) is 4.79 Å². The molecule has 3 rings (SSSR count). The molecule has 0 saturated carbocycles. The van der Waals surface area contributed by atoms with Gasteiger partial charge in [0.25, 0.3) is 5.91 Å². The monoisotopic (exact) mass is 298 g/mol. The zero-order valence-corrected chi connectivity index (χ0v) is 12.9. The van der Waals surface area contributed by atoms with Crippen LogP contribution in [-0.2, 0) is 6.42 Å². The Labute approximate surface area is 128 Å². The summed E-state index contributed by atoms with van der Waals surface area (Å²) in [6, 6.07) is 6.03. The Balaban J connectivity index is 1.63. The van der Waals surface area contributed by atoms with Gasteiger partial charge >= 0.3 is 0 Å². The Morgan fingerprint density at radius 3 is 2.77 bits per heavy atom. The summed E-state index contributed by atoms with van der Waals surface area (Å²) in [4.78, 5) is 23.9. The minimum absolute atomic E-state index is 0.245. The molecule has 6 nitrogen and oxygen atoms in total. The number of amides is 1. The lowest BCUT2D eigenvalue weighted by Crippen LogP contribution is -2.26. The quantitative estimate of drug-likeness (QED) is 0.775. The van der Waals surface area contributed by atoms with E-state index in [1.807, 2.05) is 25.1 Å². The van der Waals surface area contributed by atoms with E-state index in [1.165, 1.54) is 0 Å². The standard InChI is InChI=1S/C16H18N4O2/c1-9-5-4-6-12-14(9)20-13(19-12)7-8-17-16(21)15-10(2)18-11(3)22-15/h4-6H,7-8H2,1-3H3,(H,17,21)(H,19,20). The van der Waals surface area contributed by atoms with E-state index in [9.17, 15) is 4.79 Å². The number of para-hydroxylation sites is 1. The number of benzene rings is 1. The summed E-state index contributed by atoms with van der Waals surface area (Å²) in [5.41, 5.74) is 3.74. The van der Waals surface area contributed by atoms with Crippen LogP contribution < -0.4 is 5.32 Å². The van der Waals surface area contributed by atoms with E-state index in [0.29, 0.717) is 24.6 Å². The van der Waals surface area contributed by atoms with Gasteiger partial charge in [0.05, 0.1) is 16.7 Å². The molecule has 0 spiro atoms. The molecule has 0 unspecified atom stereocenters. The number of rotatable bonds is 4. The van der Waals surface area contributed by atoms with Crippen LogP contribution in [0.15, 0.2) is 22.6 Å². The summed E-state index contributed by atoms with van der Waals surface area (Å²) in [6.07, 6.45) is 0.631. The Hall–Kier alpha value is -2.63. The lowest BCUT2D eigenvalue weighted by molar-refractivity contribution is 0.0924. The molecule has 22 heavy (non-hydrogen) atoms. The average molecular weight is 298 g/mol. The van der Waals surface area contributed by atoms with Crippen LogP contribution in [0.25, 0.3) is 11.0 Å². The highest BCUT2D eigenvalue weighted by atomic mass is 16.4.